The molecule has 1 aromatic heterocycles. The van der Waals surface area contributed by atoms with Gasteiger partial charge in [0, 0.05) is 17.4 Å². The van der Waals surface area contributed by atoms with Crippen molar-refractivity contribution in [3.63, 3.8) is 0 Å². The molecule has 1 heterocycles. The highest BCUT2D eigenvalue weighted by atomic mass is 35.5. The summed E-state index contributed by atoms with van der Waals surface area (Å²) in [6.07, 6.45) is 3.50. The van der Waals surface area contributed by atoms with Gasteiger partial charge in [0.2, 0.25) is 0 Å². The van der Waals surface area contributed by atoms with Gasteiger partial charge in [-0.25, -0.2) is 4.79 Å². The molecule has 5 heteroatoms. The normalized spacial score (nSPS) is 8.82. The van der Waals surface area contributed by atoms with Crippen molar-refractivity contribution in [3.05, 3.63) is 65.4 Å². The van der Waals surface area contributed by atoms with Gasteiger partial charge in [0.25, 0.3) is 0 Å². The summed E-state index contributed by atoms with van der Waals surface area (Å²) >= 11 is 5.56. The molecule has 0 saturated carbocycles. The summed E-state index contributed by atoms with van der Waals surface area (Å²) in [5, 5.41) is 8.41. The van der Waals surface area contributed by atoms with E-state index in [0.29, 0.717) is 5.02 Å². The average Bonchev–Trinajstić information content (AvgIpc) is 2.40. The zero-order valence-corrected chi connectivity index (χ0v) is 9.54. The van der Waals surface area contributed by atoms with Gasteiger partial charge in [-0.2, -0.15) is 5.26 Å². The van der Waals surface area contributed by atoms with Crippen LogP contribution in [0.1, 0.15) is 10.4 Å². The van der Waals surface area contributed by atoms with E-state index >= 15 is 0 Å². The fourth-order valence-electron chi connectivity index (χ4n) is 0.981. The topological polar surface area (TPSA) is 59.4 Å². The molecule has 88 valence electrons. The SMILES string of the molecule is O=C(OO)c1cccc(Cl)c1.c1ccncc1. The Balaban J connectivity index is 0.000000202. The van der Waals surface area contributed by atoms with Crippen LogP contribution in [0.4, 0.5) is 0 Å². The van der Waals surface area contributed by atoms with E-state index in [1.54, 1.807) is 24.5 Å². The number of benzene rings is 1. The third kappa shape index (κ3) is 5.10. The molecule has 0 aliphatic heterocycles. The molecule has 4 nitrogen and oxygen atoms in total. The van der Waals surface area contributed by atoms with E-state index < -0.39 is 5.97 Å². The molecule has 0 atom stereocenters. The van der Waals surface area contributed by atoms with Crippen molar-refractivity contribution in [1.82, 2.24) is 4.98 Å². The maximum absolute atomic E-state index is 10.6. The molecular weight excluding hydrogens is 242 g/mol. The minimum atomic E-state index is -0.813. The molecule has 0 aliphatic rings. The van der Waals surface area contributed by atoms with E-state index in [1.807, 2.05) is 18.2 Å². The number of rotatable bonds is 1. The van der Waals surface area contributed by atoms with Crippen molar-refractivity contribution in [2.24, 2.45) is 0 Å². The van der Waals surface area contributed by atoms with Gasteiger partial charge < -0.3 is 0 Å². The molecule has 0 radical (unpaired) electrons. The molecule has 0 aliphatic carbocycles. The number of halogens is 1. The zero-order valence-electron chi connectivity index (χ0n) is 8.79. The van der Waals surface area contributed by atoms with E-state index in [2.05, 4.69) is 9.87 Å². The Morgan fingerprint density at radius 3 is 2.29 bits per heavy atom. The van der Waals surface area contributed by atoms with Crippen LogP contribution in [0, 0.1) is 0 Å². The Morgan fingerprint density at radius 1 is 1.18 bits per heavy atom. The van der Waals surface area contributed by atoms with Crippen LogP contribution in [0.25, 0.3) is 0 Å². The maximum atomic E-state index is 10.6. The number of carbonyl (C=O) groups excluding carboxylic acids is 1. The Kier molecular flexibility index (Phi) is 5.71. The summed E-state index contributed by atoms with van der Waals surface area (Å²) in [5.74, 6) is -0.813. The van der Waals surface area contributed by atoms with E-state index in [9.17, 15) is 4.79 Å². The molecule has 0 unspecified atom stereocenters. The average molecular weight is 252 g/mol. The Labute approximate surface area is 103 Å². The lowest BCUT2D eigenvalue weighted by Gasteiger charge is -1.95. The standard InChI is InChI=1S/C7H5ClO3.C5H5N/c8-6-3-1-2-5(4-6)7(9)11-10;1-2-4-6-5-3-1/h1-4,10H;1-5H. The van der Waals surface area contributed by atoms with Gasteiger partial charge in [0.15, 0.2) is 0 Å². The third-order valence-electron chi connectivity index (χ3n) is 1.71. The quantitative estimate of drug-likeness (QED) is 0.625. The lowest BCUT2D eigenvalue weighted by atomic mass is 10.2. The van der Waals surface area contributed by atoms with Gasteiger partial charge in [-0.05, 0) is 30.3 Å². The number of hydrogen-bond donors (Lipinski definition) is 1. The van der Waals surface area contributed by atoms with Crippen molar-refractivity contribution in [2.45, 2.75) is 0 Å². The molecule has 0 amide bonds. The zero-order chi connectivity index (χ0) is 12.5. The van der Waals surface area contributed by atoms with Gasteiger partial charge in [0.1, 0.15) is 0 Å². The fraction of sp³-hybridized carbons (Fsp3) is 0. The van der Waals surface area contributed by atoms with Crippen LogP contribution in [0.3, 0.4) is 0 Å². The first-order valence-electron chi connectivity index (χ1n) is 4.70. The third-order valence-corrected chi connectivity index (χ3v) is 1.94. The molecular formula is C12H10ClNO3. The highest BCUT2D eigenvalue weighted by Crippen LogP contribution is 2.10. The predicted octanol–water partition coefficient (Wildman–Crippen LogP) is 3.05. The molecule has 1 N–H and O–H groups in total. The summed E-state index contributed by atoms with van der Waals surface area (Å²) in [4.78, 5) is 17.9. The summed E-state index contributed by atoms with van der Waals surface area (Å²) in [7, 11) is 0. The number of carbonyl (C=O) groups is 1. The first-order chi connectivity index (χ1) is 8.24. The van der Waals surface area contributed by atoms with Crippen molar-refractivity contribution < 1.29 is 14.9 Å². The van der Waals surface area contributed by atoms with Gasteiger partial charge >= 0.3 is 5.97 Å². The lowest BCUT2D eigenvalue weighted by Crippen LogP contribution is -2.00. The number of nitrogens with zero attached hydrogens (tertiary/aromatic N) is 1. The second-order valence-corrected chi connectivity index (χ2v) is 3.35. The van der Waals surface area contributed by atoms with Crippen molar-refractivity contribution >= 4 is 17.6 Å². The molecule has 0 bridgehead atoms. The lowest BCUT2D eigenvalue weighted by molar-refractivity contribution is -0.182. The van der Waals surface area contributed by atoms with Crippen molar-refractivity contribution in [1.29, 1.82) is 0 Å². The molecule has 0 saturated heterocycles. The minimum Gasteiger partial charge on any atom is -0.296 e. The minimum absolute atomic E-state index is 0.222. The molecule has 17 heavy (non-hydrogen) atoms. The highest BCUT2D eigenvalue weighted by molar-refractivity contribution is 6.30. The van der Waals surface area contributed by atoms with Crippen LogP contribution in [-0.2, 0) is 4.89 Å². The van der Waals surface area contributed by atoms with Crippen LogP contribution in [0.2, 0.25) is 5.02 Å². The van der Waals surface area contributed by atoms with Crippen LogP contribution in [0.5, 0.6) is 0 Å². The second kappa shape index (κ2) is 7.38. The molecule has 0 fully saturated rings. The smallest absolute Gasteiger partial charge is 0.296 e. The Hall–Kier alpha value is -1.91. The summed E-state index contributed by atoms with van der Waals surface area (Å²) in [6, 6.07) is 11.8. The van der Waals surface area contributed by atoms with Crippen molar-refractivity contribution in [3.8, 4) is 0 Å². The number of hydrogen-bond acceptors (Lipinski definition) is 4. The summed E-state index contributed by atoms with van der Waals surface area (Å²) in [6.45, 7) is 0. The van der Waals surface area contributed by atoms with Gasteiger partial charge in [0.05, 0.1) is 5.56 Å². The first-order valence-corrected chi connectivity index (χ1v) is 5.08. The van der Waals surface area contributed by atoms with E-state index in [1.165, 1.54) is 12.1 Å². The van der Waals surface area contributed by atoms with Gasteiger partial charge in [-0.15, -0.1) is 0 Å². The Bertz CT molecular complexity index is 436. The predicted molar refractivity (Wildman–Crippen MR) is 63.7 cm³/mol. The maximum Gasteiger partial charge on any atom is 0.372 e. The van der Waals surface area contributed by atoms with E-state index in [-0.39, 0.29) is 5.56 Å². The van der Waals surface area contributed by atoms with Crippen LogP contribution in [0.15, 0.2) is 54.9 Å². The first kappa shape index (κ1) is 13.2. The van der Waals surface area contributed by atoms with E-state index in [4.69, 9.17) is 16.9 Å². The van der Waals surface area contributed by atoms with Crippen LogP contribution in [-0.4, -0.2) is 16.2 Å². The van der Waals surface area contributed by atoms with Crippen molar-refractivity contribution in [2.75, 3.05) is 0 Å². The molecule has 1 aromatic carbocycles. The fourth-order valence-corrected chi connectivity index (χ4v) is 1.17. The van der Waals surface area contributed by atoms with Crippen LogP contribution >= 0.6 is 11.6 Å². The number of pyridine rings is 1. The van der Waals surface area contributed by atoms with Gasteiger partial charge in [-0.1, -0.05) is 23.7 Å². The monoisotopic (exact) mass is 251 g/mol. The summed E-state index contributed by atoms with van der Waals surface area (Å²) < 4.78 is 0. The molecule has 2 rings (SSSR count). The second-order valence-electron chi connectivity index (χ2n) is 2.91. The Morgan fingerprint density at radius 2 is 1.88 bits per heavy atom. The molecule has 0 spiro atoms. The van der Waals surface area contributed by atoms with Crippen LogP contribution < -0.4 is 0 Å². The summed E-state index contributed by atoms with van der Waals surface area (Å²) in [5.41, 5.74) is 0.222. The van der Waals surface area contributed by atoms with E-state index in [0.717, 1.165) is 0 Å². The largest absolute Gasteiger partial charge is 0.372 e. The highest BCUT2D eigenvalue weighted by Gasteiger charge is 2.05. The number of aromatic nitrogens is 1. The molecule has 2 aromatic rings. The van der Waals surface area contributed by atoms with Gasteiger partial charge in [-0.3, -0.25) is 9.87 Å².